The third-order valence-electron chi connectivity index (χ3n) is 6.23. The number of nitro groups is 1. The molecular formula is C23H25ClN4O4. The summed E-state index contributed by atoms with van der Waals surface area (Å²) in [5, 5.41) is 11.9. The lowest BCUT2D eigenvalue weighted by molar-refractivity contribution is -0.384. The van der Waals surface area contributed by atoms with Crippen molar-refractivity contribution in [3.8, 4) is 0 Å². The first-order valence-corrected chi connectivity index (χ1v) is 11.1. The zero-order chi connectivity index (χ0) is 22.7. The highest BCUT2D eigenvalue weighted by molar-refractivity contribution is 6.30. The zero-order valence-corrected chi connectivity index (χ0v) is 18.4. The standard InChI is InChI=1S/C23H25ClN4O4/c24-19-7-5-17(6-8-19)22(29)26-13-15-27(16-14-26)23(30)18-9-11-25(12-10-18)20-3-1-2-4-21(20)28(31)32/h1-8,18H,9-16H2. The van der Waals surface area contributed by atoms with Crippen molar-refractivity contribution in [3.05, 3.63) is 69.2 Å². The molecule has 0 spiro atoms. The van der Waals surface area contributed by atoms with Gasteiger partial charge in [-0.25, -0.2) is 0 Å². The molecule has 168 valence electrons. The minimum atomic E-state index is -0.364. The van der Waals surface area contributed by atoms with Crippen LogP contribution >= 0.6 is 11.6 Å². The molecule has 2 aromatic rings. The summed E-state index contributed by atoms with van der Waals surface area (Å²) in [5.41, 5.74) is 1.30. The summed E-state index contributed by atoms with van der Waals surface area (Å²) >= 11 is 5.89. The van der Waals surface area contributed by atoms with E-state index in [1.165, 1.54) is 6.07 Å². The smallest absolute Gasteiger partial charge is 0.292 e. The zero-order valence-electron chi connectivity index (χ0n) is 17.7. The Labute approximate surface area is 191 Å². The maximum absolute atomic E-state index is 13.0. The van der Waals surface area contributed by atoms with Crippen LogP contribution in [0.15, 0.2) is 48.5 Å². The van der Waals surface area contributed by atoms with Gasteiger partial charge in [-0.2, -0.15) is 0 Å². The summed E-state index contributed by atoms with van der Waals surface area (Å²) in [7, 11) is 0. The van der Waals surface area contributed by atoms with Crippen molar-refractivity contribution in [2.75, 3.05) is 44.2 Å². The van der Waals surface area contributed by atoms with E-state index in [4.69, 9.17) is 11.6 Å². The maximum atomic E-state index is 13.0. The van der Waals surface area contributed by atoms with Gasteiger partial charge in [0.2, 0.25) is 5.91 Å². The molecule has 0 saturated carbocycles. The molecule has 0 unspecified atom stereocenters. The summed E-state index contributed by atoms with van der Waals surface area (Å²) in [5.74, 6) is -0.0233. The average molecular weight is 457 g/mol. The molecule has 9 heteroatoms. The second-order valence-corrected chi connectivity index (χ2v) is 8.57. The van der Waals surface area contributed by atoms with Crippen molar-refractivity contribution in [1.29, 1.82) is 0 Å². The Kier molecular flexibility index (Phi) is 6.60. The fourth-order valence-corrected chi connectivity index (χ4v) is 4.54. The Hall–Kier alpha value is -3.13. The lowest BCUT2D eigenvalue weighted by Gasteiger charge is -2.39. The van der Waals surface area contributed by atoms with Crippen LogP contribution in [-0.4, -0.2) is 65.8 Å². The van der Waals surface area contributed by atoms with Gasteiger partial charge in [-0.1, -0.05) is 23.7 Å². The number of rotatable bonds is 4. The highest BCUT2D eigenvalue weighted by Crippen LogP contribution is 2.31. The number of piperidine rings is 1. The van der Waals surface area contributed by atoms with Crippen LogP contribution in [-0.2, 0) is 4.79 Å². The summed E-state index contributed by atoms with van der Waals surface area (Å²) < 4.78 is 0. The molecule has 2 fully saturated rings. The van der Waals surface area contributed by atoms with E-state index in [1.54, 1.807) is 47.4 Å². The number of carbonyl (C=O) groups is 2. The normalized spacial score (nSPS) is 17.3. The number of hydrogen-bond donors (Lipinski definition) is 0. The van der Waals surface area contributed by atoms with Crippen LogP contribution in [0.1, 0.15) is 23.2 Å². The van der Waals surface area contributed by atoms with E-state index in [9.17, 15) is 19.7 Å². The Morgan fingerprint density at radius 1 is 0.875 bits per heavy atom. The van der Waals surface area contributed by atoms with Crippen molar-refractivity contribution in [2.24, 2.45) is 5.92 Å². The number of nitrogens with zero attached hydrogens (tertiary/aromatic N) is 4. The molecule has 8 nitrogen and oxygen atoms in total. The van der Waals surface area contributed by atoms with E-state index < -0.39 is 0 Å². The first-order chi connectivity index (χ1) is 15.4. The third kappa shape index (κ3) is 4.70. The van der Waals surface area contributed by atoms with E-state index in [0.717, 1.165) is 0 Å². The van der Waals surface area contributed by atoms with Crippen molar-refractivity contribution in [2.45, 2.75) is 12.8 Å². The van der Waals surface area contributed by atoms with E-state index in [1.807, 2.05) is 9.80 Å². The molecule has 2 amide bonds. The highest BCUT2D eigenvalue weighted by atomic mass is 35.5. The molecule has 0 aliphatic carbocycles. The van der Waals surface area contributed by atoms with Crippen molar-refractivity contribution in [1.82, 2.24) is 9.80 Å². The van der Waals surface area contributed by atoms with Crippen LogP contribution in [0.25, 0.3) is 0 Å². The maximum Gasteiger partial charge on any atom is 0.292 e. The van der Waals surface area contributed by atoms with E-state index in [0.29, 0.717) is 68.4 Å². The van der Waals surface area contributed by atoms with Crippen LogP contribution in [0.3, 0.4) is 0 Å². The molecule has 2 saturated heterocycles. The first-order valence-electron chi connectivity index (χ1n) is 10.8. The largest absolute Gasteiger partial charge is 0.366 e. The number of hydrogen-bond acceptors (Lipinski definition) is 5. The number of carbonyl (C=O) groups excluding carboxylic acids is 2. The minimum Gasteiger partial charge on any atom is -0.366 e. The molecule has 2 aliphatic rings. The lowest BCUT2D eigenvalue weighted by atomic mass is 9.94. The van der Waals surface area contributed by atoms with Gasteiger partial charge in [-0.3, -0.25) is 19.7 Å². The summed E-state index contributed by atoms with van der Waals surface area (Å²) in [6.45, 7) is 3.25. The lowest BCUT2D eigenvalue weighted by Crippen LogP contribution is -2.53. The second-order valence-electron chi connectivity index (χ2n) is 8.13. The van der Waals surface area contributed by atoms with Gasteiger partial charge in [0.1, 0.15) is 5.69 Å². The quantitative estimate of drug-likeness (QED) is 0.519. The number of halogens is 1. The molecule has 2 aromatic carbocycles. The SMILES string of the molecule is O=C(c1ccc(Cl)cc1)N1CCN(C(=O)C2CCN(c3ccccc3[N+](=O)[O-])CC2)CC1. The number of anilines is 1. The van der Waals surface area contributed by atoms with Gasteiger partial charge in [0.15, 0.2) is 0 Å². The average Bonchev–Trinajstić information content (AvgIpc) is 2.84. The van der Waals surface area contributed by atoms with Crippen LogP contribution in [0.2, 0.25) is 5.02 Å². The first kappa shape index (κ1) is 22.1. The molecule has 0 radical (unpaired) electrons. The number of amides is 2. The van der Waals surface area contributed by atoms with Crippen molar-refractivity contribution < 1.29 is 14.5 Å². The topological polar surface area (TPSA) is 87.0 Å². The van der Waals surface area contributed by atoms with Gasteiger partial charge in [-0.15, -0.1) is 0 Å². The van der Waals surface area contributed by atoms with Crippen LogP contribution in [0.5, 0.6) is 0 Å². The summed E-state index contributed by atoms with van der Waals surface area (Å²) in [6, 6.07) is 13.6. The summed E-state index contributed by atoms with van der Waals surface area (Å²) in [4.78, 5) is 42.2. The fraction of sp³-hybridized carbons (Fsp3) is 0.391. The Balaban J connectivity index is 1.30. The van der Waals surface area contributed by atoms with E-state index in [-0.39, 0.29) is 28.3 Å². The monoisotopic (exact) mass is 456 g/mol. The predicted molar refractivity (Wildman–Crippen MR) is 122 cm³/mol. The Morgan fingerprint density at radius 2 is 1.47 bits per heavy atom. The highest BCUT2D eigenvalue weighted by Gasteiger charge is 2.32. The molecule has 0 bridgehead atoms. The Morgan fingerprint density at radius 3 is 2.09 bits per heavy atom. The summed E-state index contributed by atoms with van der Waals surface area (Å²) in [6.07, 6.45) is 1.32. The molecule has 0 atom stereocenters. The minimum absolute atomic E-state index is 0.0495. The van der Waals surface area contributed by atoms with Crippen molar-refractivity contribution in [3.63, 3.8) is 0 Å². The van der Waals surface area contributed by atoms with Gasteiger partial charge in [0.05, 0.1) is 4.92 Å². The molecule has 4 rings (SSSR count). The van der Waals surface area contributed by atoms with Crippen LogP contribution in [0.4, 0.5) is 11.4 Å². The second kappa shape index (κ2) is 9.56. The van der Waals surface area contributed by atoms with Crippen molar-refractivity contribution >= 4 is 34.8 Å². The van der Waals surface area contributed by atoms with Gasteiger partial charge < -0.3 is 14.7 Å². The van der Waals surface area contributed by atoms with Crippen LogP contribution in [0, 0.1) is 16.0 Å². The van der Waals surface area contributed by atoms with Gasteiger partial charge in [0, 0.05) is 61.8 Å². The molecule has 32 heavy (non-hydrogen) atoms. The number of piperazine rings is 1. The molecule has 2 aliphatic heterocycles. The predicted octanol–water partition coefficient (Wildman–Crippen LogP) is 3.45. The molecule has 2 heterocycles. The fourth-order valence-electron chi connectivity index (χ4n) is 4.42. The molecular weight excluding hydrogens is 432 g/mol. The van der Waals surface area contributed by atoms with Gasteiger partial charge >= 0.3 is 0 Å². The molecule has 0 aromatic heterocycles. The van der Waals surface area contributed by atoms with E-state index >= 15 is 0 Å². The third-order valence-corrected chi connectivity index (χ3v) is 6.49. The molecule has 0 N–H and O–H groups in total. The van der Waals surface area contributed by atoms with Gasteiger partial charge in [-0.05, 0) is 43.2 Å². The van der Waals surface area contributed by atoms with Crippen LogP contribution < -0.4 is 4.90 Å². The van der Waals surface area contributed by atoms with E-state index in [2.05, 4.69) is 0 Å². The number of nitro benzene ring substituents is 1. The van der Waals surface area contributed by atoms with Gasteiger partial charge in [0.25, 0.3) is 11.6 Å². The Bertz CT molecular complexity index is 997. The number of para-hydroxylation sites is 2. The number of benzene rings is 2.